The third-order valence-corrected chi connectivity index (χ3v) is 5.37. The third-order valence-electron chi connectivity index (χ3n) is 5.37. The second-order valence-corrected chi connectivity index (χ2v) is 6.96. The first-order valence-corrected chi connectivity index (χ1v) is 8.30. The molecule has 24 heavy (non-hydrogen) atoms. The van der Waals surface area contributed by atoms with Crippen LogP contribution in [0.1, 0.15) is 32.9 Å². The van der Waals surface area contributed by atoms with E-state index in [2.05, 4.69) is 10.5 Å². The van der Waals surface area contributed by atoms with Crippen molar-refractivity contribution >= 4 is 16.9 Å². The fourth-order valence-electron chi connectivity index (χ4n) is 3.53. The van der Waals surface area contributed by atoms with Crippen molar-refractivity contribution < 1.29 is 19.2 Å². The Morgan fingerprint density at radius 2 is 2.21 bits per heavy atom. The molecule has 2 aromatic rings. The molecule has 130 valence electrons. The molecule has 2 atom stereocenters. The Bertz CT molecular complexity index is 739. The molecule has 1 aromatic carbocycles. The highest BCUT2D eigenvalue weighted by Gasteiger charge is 2.61. The van der Waals surface area contributed by atoms with E-state index in [9.17, 15) is 9.90 Å². The molecule has 1 amide bonds. The normalized spacial score (nSPS) is 25.4. The standard InChI is InChI=1S/C18H24N2O4/c1-4-23-15-10-18(11-21,17(15,2)3)19-16(22)9-13-12-7-5-6-8-14(12)24-20-13/h5-8,15,21H,4,9-11H2,1-3H3,(H,19,22). The Labute approximate surface area is 141 Å². The predicted octanol–water partition coefficient (Wildman–Crippen LogP) is 2.05. The predicted molar refractivity (Wildman–Crippen MR) is 89.5 cm³/mol. The molecule has 0 spiro atoms. The first-order chi connectivity index (χ1) is 11.4. The first kappa shape index (κ1) is 16.9. The van der Waals surface area contributed by atoms with E-state index < -0.39 is 5.54 Å². The third kappa shape index (κ3) is 2.59. The number of hydrogen-bond acceptors (Lipinski definition) is 5. The highest BCUT2D eigenvalue weighted by Crippen LogP contribution is 2.51. The van der Waals surface area contributed by atoms with Gasteiger partial charge in [0.15, 0.2) is 5.58 Å². The van der Waals surface area contributed by atoms with E-state index in [-0.39, 0.29) is 30.5 Å². The molecule has 0 bridgehead atoms. The number of carbonyl (C=O) groups is 1. The average Bonchev–Trinajstić information content (AvgIpc) is 2.96. The highest BCUT2D eigenvalue weighted by atomic mass is 16.5. The summed E-state index contributed by atoms with van der Waals surface area (Å²) >= 11 is 0. The molecule has 1 fully saturated rings. The lowest BCUT2D eigenvalue weighted by atomic mass is 9.54. The summed E-state index contributed by atoms with van der Waals surface area (Å²) in [6.45, 7) is 6.48. The Morgan fingerprint density at radius 1 is 1.46 bits per heavy atom. The van der Waals surface area contributed by atoms with Crippen LogP contribution in [0.4, 0.5) is 0 Å². The van der Waals surface area contributed by atoms with Gasteiger partial charge in [-0.15, -0.1) is 0 Å². The van der Waals surface area contributed by atoms with E-state index in [1.807, 2.05) is 45.0 Å². The van der Waals surface area contributed by atoms with Crippen molar-refractivity contribution in [1.82, 2.24) is 10.5 Å². The van der Waals surface area contributed by atoms with Crippen molar-refractivity contribution in [3.63, 3.8) is 0 Å². The first-order valence-electron chi connectivity index (χ1n) is 8.30. The van der Waals surface area contributed by atoms with Crippen LogP contribution in [0.25, 0.3) is 11.0 Å². The van der Waals surface area contributed by atoms with Crippen LogP contribution in [0, 0.1) is 5.41 Å². The van der Waals surface area contributed by atoms with E-state index in [1.165, 1.54) is 0 Å². The monoisotopic (exact) mass is 332 g/mol. The topological polar surface area (TPSA) is 84.6 Å². The number of aliphatic hydroxyl groups excluding tert-OH is 1. The number of benzene rings is 1. The molecule has 1 saturated carbocycles. The van der Waals surface area contributed by atoms with Crippen LogP contribution in [-0.4, -0.2) is 41.0 Å². The summed E-state index contributed by atoms with van der Waals surface area (Å²) < 4.78 is 10.9. The van der Waals surface area contributed by atoms with Crippen molar-refractivity contribution in [2.75, 3.05) is 13.2 Å². The zero-order valence-corrected chi connectivity index (χ0v) is 14.3. The summed E-state index contributed by atoms with van der Waals surface area (Å²) in [5.74, 6) is -0.175. The van der Waals surface area contributed by atoms with Crippen molar-refractivity contribution in [2.24, 2.45) is 5.41 Å². The molecule has 2 unspecified atom stereocenters. The summed E-state index contributed by atoms with van der Waals surface area (Å²) in [5.41, 5.74) is 0.273. The van der Waals surface area contributed by atoms with Gasteiger partial charge in [0.05, 0.1) is 24.7 Å². The van der Waals surface area contributed by atoms with Gasteiger partial charge in [-0.25, -0.2) is 0 Å². The summed E-state index contributed by atoms with van der Waals surface area (Å²) in [4.78, 5) is 12.5. The molecule has 1 aliphatic carbocycles. The van der Waals surface area contributed by atoms with Gasteiger partial charge in [-0.1, -0.05) is 31.1 Å². The van der Waals surface area contributed by atoms with Gasteiger partial charge in [-0.3, -0.25) is 4.79 Å². The molecule has 0 radical (unpaired) electrons. The lowest BCUT2D eigenvalue weighted by Gasteiger charge is -2.60. The number of aliphatic hydroxyl groups is 1. The maximum Gasteiger partial charge on any atom is 0.226 e. The quantitative estimate of drug-likeness (QED) is 0.846. The second-order valence-electron chi connectivity index (χ2n) is 6.96. The summed E-state index contributed by atoms with van der Waals surface area (Å²) in [7, 11) is 0. The number of para-hydroxylation sites is 1. The van der Waals surface area contributed by atoms with E-state index in [0.29, 0.717) is 24.3 Å². The van der Waals surface area contributed by atoms with E-state index >= 15 is 0 Å². The summed E-state index contributed by atoms with van der Waals surface area (Å²) in [6, 6.07) is 7.45. The second kappa shape index (κ2) is 6.18. The van der Waals surface area contributed by atoms with Gasteiger partial charge in [-0.2, -0.15) is 0 Å². The van der Waals surface area contributed by atoms with Gasteiger partial charge in [0.2, 0.25) is 5.91 Å². The molecular weight excluding hydrogens is 308 g/mol. The molecule has 1 aliphatic rings. The molecule has 6 heteroatoms. The van der Waals surface area contributed by atoms with E-state index in [0.717, 1.165) is 5.39 Å². The molecule has 1 heterocycles. The smallest absolute Gasteiger partial charge is 0.226 e. The zero-order chi connectivity index (χ0) is 17.4. The van der Waals surface area contributed by atoms with Gasteiger partial charge < -0.3 is 19.7 Å². The number of fused-ring (bicyclic) bond motifs is 1. The molecule has 0 saturated heterocycles. The van der Waals surface area contributed by atoms with E-state index in [4.69, 9.17) is 9.26 Å². The van der Waals surface area contributed by atoms with Crippen molar-refractivity contribution in [3.8, 4) is 0 Å². The van der Waals surface area contributed by atoms with Crippen LogP contribution in [0.5, 0.6) is 0 Å². The number of ether oxygens (including phenoxy) is 1. The fraction of sp³-hybridized carbons (Fsp3) is 0.556. The lowest BCUT2D eigenvalue weighted by molar-refractivity contribution is -0.180. The van der Waals surface area contributed by atoms with Crippen LogP contribution < -0.4 is 5.32 Å². The minimum Gasteiger partial charge on any atom is -0.394 e. The number of nitrogens with one attached hydrogen (secondary N) is 1. The SMILES string of the molecule is CCOC1CC(CO)(NC(=O)Cc2noc3ccccc23)C1(C)C. The maximum absolute atomic E-state index is 12.5. The number of carbonyl (C=O) groups excluding carboxylic acids is 1. The van der Waals surface area contributed by atoms with Gasteiger partial charge in [0.25, 0.3) is 0 Å². The molecule has 6 nitrogen and oxygen atoms in total. The molecular formula is C18H24N2O4. The van der Waals surface area contributed by atoms with Crippen LogP contribution in [0.3, 0.4) is 0 Å². The Balaban J connectivity index is 1.72. The van der Waals surface area contributed by atoms with Crippen molar-refractivity contribution in [1.29, 1.82) is 0 Å². The number of rotatable bonds is 6. The average molecular weight is 332 g/mol. The fourth-order valence-corrected chi connectivity index (χ4v) is 3.53. The van der Waals surface area contributed by atoms with E-state index in [1.54, 1.807) is 0 Å². The zero-order valence-electron chi connectivity index (χ0n) is 14.3. The molecule has 2 N–H and O–H groups in total. The highest BCUT2D eigenvalue weighted by molar-refractivity contribution is 5.86. The van der Waals surface area contributed by atoms with Gasteiger partial charge in [0.1, 0.15) is 5.69 Å². The van der Waals surface area contributed by atoms with Crippen LogP contribution in [-0.2, 0) is 16.0 Å². The minimum absolute atomic E-state index is 0.0304. The maximum atomic E-state index is 12.5. The lowest BCUT2D eigenvalue weighted by Crippen LogP contribution is -2.74. The van der Waals surface area contributed by atoms with Crippen molar-refractivity contribution in [2.45, 2.75) is 45.3 Å². The van der Waals surface area contributed by atoms with Gasteiger partial charge in [0, 0.05) is 23.8 Å². The van der Waals surface area contributed by atoms with Gasteiger partial charge in [-0.05, 0) is 19.1 Å². The molecule has 1 aromatic heterocycles. The Hall–Kier alpha value is -1.92. The minimum atomic E-state index is -0.663. The Kier molecular flexibility index (Phi) is 4.36. The van der Waals surface area contributed by atoms with Crippen LogP contribution in [0.15, 0.2) is 28.8 Å². The summed E-state index contributed by atoms with van der Waals surface area (Å²) in [5, 5.41) is 17.7. The summed E-state index contributed by atoms with van der Waals surface area (Å²) in [6.07, 6.45) is 0.756. The number of amides is 1. The van der Waals surface area contributed by atoms with Gasteiger partial charge >= 0.3 is 0 Å². The van der Waals surface area contributed by atoms with Crippen molar-refractivity contribution in [3.05, 3.63) is 30.0 Å². The van der Waals surface area contributed by atoms with Crippen LogP contribution >= 0.6 is 0 Å². The number of nitrogens with zero attached hydrogens (tertiary/aromatic N) is 1. The molecule has 3 rings (SSSR count). The largest absolute Gasteiger partial charge is 0.394 e. The molecule has 0 aliphatic heterocycles. The number of aromatic nitrogens is 1. The number of hydrogen-bond donors (Lipinski definition) is 2. The Morgan fingerprint density at radius 3 is 2.88 bits per heavy atom. The van der Waals surface area contributed by atoms with Crippen LogP contribution in [0.2, 0.25) is 0 Å².